The second-order valence-electron chi connectivity index (χ2n) is 10.4. The normalized spacial score (nSPS) is 11.9. The fraction of sp³-hybridized carbons (Fsp3) is 0.235. The lowest BCUT2D eigenvalue weighted by molar-refractivity contribution is -0.140. The minimum absolute atomic E-state index is 0.00382. The number of carbonyl (C=O) groups excluding carboxylic acids is 2. The van der Waals surface area contributed by atoms with E-state index in [1.54, 1.807) is 18.2 Å². The topological polar surface area (TPSA) is 86.8 Å². The van der Waals surface area contributed by atoms with Gasteiger partial charge in [0, 0.05) is 29.6 Å². The summed E-state index contributed by atoms with van der Waals surface area (Å²) in [6, 6.07) is 28.3. The van der Waals surface area contributed by atoms with E-state index < -0.39 is 28.5 Å². The van der Waals surface area contributed by atoms with Crippen LogP contribution < -0.4 is 9.62 Å². The van der Waals surface area contributed by atoms with Crippen molar-refractivity contribution in [1.82, 2.24) is 10.2 Å². The highest BCUT2D eigenvalue weighted by atomic mass is 35.5. The molecule has 0 radical (unpaired) electrons. The van der Waals surface area contributed by atoms with E-state index in [-0.39, 0.29) is 39.5 Å². The van der Waals surface area contributed by atoms with Gasteiger partial charge in [0.05, 0.1) is 10.6 Å². The van der Waals surface area contributed by atoms with Gasteiger partial charge in [-0.2, -0.15) is 0 Å². The summed E-state index contributed by atoms with van der Waals surface area (Å²) in [7, 11) is -4.25. The Morgan fingerprint density at radius 1 is 0.841 bits per heavy atom. The highest BCUT2D eigenvalue weighted by Gasteiger charge is 2.35. The van der Waals surface area contributed by atoms with Crippen LogP contribution in [0, 0.1) is 6.92 Å². The molecule has 4 rings (SSSR count). The largest absolute Gasteiger partial charge is 0.354 e. The predicted molar refractivity (Wildman–Crippen MR) is 176 cm³/mol. The monoisotopic (exact) mass is 651 g/mol. The zero-order chi connectivity index (χ0) is 31.7. The fourth-order valence-corrected chi connectivity index (χ4v) is 6.76. The molecule has 2 amide bonds. The van der Waals surface area contributed by atoms with E-state index in [0.717, 1.165) is 21.0 Å². The maximum absolute atomic E-state index is 14.5. The van der Waals surface area contributed by atoms with E-state index in [9.17, 15) is 18.0 Å². The first-order valence-corrected chi connectivity index (χ1v) is 16.5. The Balaban J connectivity index is 1.82. The molecule has 0 fully saturated rings. The molecular weight excluding hydrogens is 617 g/mol. The maximum atomic E-state index is 14.5. The summed E-state index contributed by atoms with van der Waals surface area (Å²) in [6.45, 7) is 3.82. The number of carbonyl (C=O) groups is 2. The molecule has 44 heavy (non-hydrogen) atoms. The number of sulfonamides is 1. The summed E-state index contributed by atoms with van der Waals surface area (Å²) in [5.41, 5.74) is 2.77. The predicted octanol–water partition coefficient (Wildman–Crippen LogP) is 6.66. The molecule has 0 spiro atoms. The van der Waals surface area contributed by atoms with Crippen molar-refractivity contribution in [2.45, 2.75) is 44.2 Å². The SMILES string of the molecule is CCCNC(=O)C(Cc1ccccc1)N(Cc1ccccc1C)C(=O)CN(c1cc(Cl)cc(Cl)c1)S(=O)(=O)c1ccccc1. The summed E-state index contributed by atoms with van der Waals surface area (Å²) in [5, 5.41) is 3.37. The number of aryl methyl sites for hydroxylation is 1. The number of nitrogens with one attached hydrogen (secondary N) is 1. The van der Waals surface area contributed by atoms with E-state index in [2.05, 4.69) is 5.32 Å². The number of nitrogens with zero attached hydrogens (tertiary/aromatic N) is 2. The number of anilines is 1. The molecular formula is C34H35Cl2N3O4S. The third-order valence-corrected chi connectivity index (χ3v) is 9.39. The lowest BCUT2D eigenvalue weighted by Crippen LogP contribution is -2.53. The number of halogens is 2. The summed E-state index contributed by atoms with van der Waals surface area (Å²) in [5.74, 6) is -0.877. The van der Waals surface area contributed by atoms with Crippen LogP contribution in [0.25, 0.3) is 0 Å². The van der Waals surface area contributed by atoms with Crippen LogP contribution >= 0.6 is 23.2 Å². The Bertz CT molecular complexity index is 1670. The van der Waals surface area contributed by atoms with Gasteiger partial charge in [-0.15, -0.1) is 0 Å². The van der Waals surface area contributed by atoms with Crippen molar-refractivity contribution in [3.05, 3.63) is 130 Å². The van der Waals surface area contributed by atoms with Crippen LogP contribution in [-0.4, -0.2) is 44.3 Å². The van der Waals surface area contributed by atoms with Crippen molar-refractivity contribution in [1.29, 1.82) is 0 Å². The van der Waals surface area contributed by atoms with Crippen LogP contribution in [0.15, 0.2) is 108 Å². The molecule has 0 saturated carbocycles. The number of hydrogen-bond donors (Lipinski definition) is 1. The van der Waals surface area contributed by atoms with Crippen LogP contribution in [0.1, 0.15) is 30.0 Å². The second-order valence-corrected chi connectivity index (χ2v) is 13.1. The zero-order valence-corrected chi connectivity index (χ0v) is 26.9. The van der Waals surface area contributed by atoms with Crippen molar-refractivity contribution in [3.63, 3.8) is 0 Å². The van der Waals surface area contributed by atoms with Crippen molar-refractivity contribution in [2.75, 3.05) is 17.4 Å². The molecule has 0 saturated heterocycles. The molecule has 0 aliphatic carbocycles. The Kier molecular flexibility index (Phi) is 11.4. The van der Waals surface area contributed by atoms with Crippen LogP contribution in [0.2, 0.25) is 10.0 Å². The fourth-order valence-electron chi connectivity index (χ4n) is 4.82. The van der Waals surface area contributed by atoms with Gasteiger partial charge in [-0.1, -0.05) is 103 Å². The minimum atomic E-state index is -4.25. The van der Waals surface area contributed by atoms with Crippen LogP contribution in [0.5, 0.6) is 0 Å². The number of amides is 2. The van der Waals surface area contributed by atoms with Gasteiger partial charge in [0.1, 0.15) is 12.6 Å². The van der Waals surface area contributed by atoms with Gasteiger partial charge in [0.2, 0.25) is 11.8 Å². The Hall–Kier alpha value is -3.85. The summed E-state index contributed by atoms with van der Waals surface area (Å²) in [6.07, 6.45) is 0.955. The van der Waals surface area contributed by atoms with E-state index in [0.29, 0.717) is 13.0 Å². The first-order chi connectivity index (χ1) is 21.1. The number of hydrogen-bond acceptors (Lipinski definition) is 4. The summed E-state index contributed by atoms with van der Waals surface area (Å²) >= 11 is 12.6. The van der Waals surface area contributed by atoms with Gasteiger partial charge in [-0.3, -0.25) is 13.9 Å². The van der Waals surface area contributed by atoms with E-state index in [1.807, 2.05) is 68.4 Å². The third kappa shape index (κ3) is 8.40. The van der Waals surface area contributed by atoms with Crippen LogP contribution in [0.4, 0.5) is 5.69 Å². The second kappa shape index (κ2) is 15.2. The Morgan fingerprint density at radius 3 is 2.05 bits per heavy atom. The van der Waals surface area contributed by atoms with Crippen LogP contribution in [-0.2, 0) is 32.6 Å². The molecule has 0 aliphatic rings. The Labute approximate surface area is 269 Å². The van der Waals surface area contributed by atoms with Crippen molar-refractivity contribution in [2.24, 2.45) is 0 Å². The summed E-state index contributed by atoms with van der Waals surface area (Å²) < 4.78 is 29.1. The van der Waals surface area contributed by atoms with Gasteiger partial charge < -0.3 is 10.2 Å². The van der Waals surface area contributed by atoms with Gasteiger partial charge in [-0.25, -0.2) is 8.42 Å². The van der Waals surface area contributed by atoms with E-state index in [1.165, 1.54) is 35.2 Å². The van der Waals surface area contributed by atoms with Gasteiger partial charge in [0.15, 0.2) is 0 Å². The minimum Gasteiger partial charge on any atom is -0.354 e. The smallest absolute Gasteiger partial charge is 0.264 e. The zero-order valence-electron chi connectivity index (χ0n) is 24.6. The molecule has 7 nitrogen and oxygen atoms in total. The number of benzene rings is 4. The first-order valence-electron chi connectivity index (χ1n) is 14.3. The van der Waals surface area contributed by atoms with Gasteiger partial charge in [-0.05, 0) is 60.4 Å². The third-order valence-electron chi connectivity index (χ3n) is 7.17. The quantitative estimate of drug-likeness (QED) is 0.175. The Morgan fingerprint density at radius 2 is 1.43 bits per heavy atom. The average Bonchev–Trinajstić information content (AvgIpc) is 3.01. The molecule has 0 bridgehead atoms. The standard InChI is InChI=1S/C34H35Cl2N3O4S/c1-3-18-37-34(41)32(19-26-13-6-4-7-14-26)38(23-27-15-11-10-12-25(27)2)33(40)24-39(30-21-28(35)20-29(36)22-30)44(42,43)31-16-8-5-9-17-31/h4-17,20-22,32H,3,18-19,23-24H2,1-2H3,(H,37,41). The molecule has 0 aliphatic heterocycles. The molecule has 0 aromatic heterocycles. The summed E-state index contributed by atoms with van der Waals surface area (Å²) in [4.78, 5) is 29.7. The molecule has 230 valence electrons. The highest BCUT2D eigenvalue weighted by molar-refractivity contribution is 7.92. The highest BCUT2D eigenvalue weighted by Crippen LogP contribution is 2.30. The van der Waals surface area contributed by atoms with Gasteiger partial charge in [0.25, 0.3) is 10.0 Å². The maximum Gasteiger partial charge on any atom is 0.264 e. The average molecular weight is 653 g/mol. The molecule has 1 atom stereocenters. The van der Waals surface area contributed by atoms with E-state index in [4.69, 9.17) is 23.2 Å². The van der Waals surface area contributed by atoms with Crippen molar-refractivity contribution in [3.8, 4) is 0 Å². The molecule has 1 N–H and O–H groups in total. The lowest BCUT2D eigenvalue weighted by atomic mass is 10.0. The number of rotatable bonds is 13. The van der Waals surface area contributed by atoms with Crippen LogP contribution in [0.3, 0.4) is 0 Å². The molecule has 1 unspecified atom stereocenters. The van der Waals surface area contributed by atoms with Gasteiger partial charge >= 0.3 is 0 Å². The molecule has 4 aromatic carbocycles. The molecule has 4 aromatic rings. The lowest BCUT2D eigenvalue weighted by Gasteiger charge is -2.34. The molecule has 10 heteroatoms. The van der Waals surface area contributed by atoms with E-state index >= 15 is 0 Å². The van der Waals surface area contributed by atoms with Crippen molar-refractivity contribution >= 4 is 50.7 Å². The molecule has 0 heterocycles. The van der Waals surface area contributed by atoms with Crippen molar-refractivity contribution < 1.29 is 18.0 Å². The first kappa shape index (κ1) is 33.1.